The summed E-state index contributed by atoms with van der Waals surface area (Å²) in [6.45, 7) is 1.33. The quantitative estimate of drug-likeness (QED) is 0.170. The number of fused-ring (bicyclic) bond motifs is 1. The Labute approximate surface area is 164 Å². The molecule has 1 saturated heterocycles. The molecule has 11 heteroatoms. The van der Waals surface area contributed by atoms with Crippen molar-refractivity contribution in [1.82, 2.24) is 10.2 Å². The second kappa shape index (κ2) is 8.40. The van der Waals surface area contributed by atoms with Gasteiger partial charge in [0, 0.05) is 24.0 Å². The van der Waals surface area contributed by atoms with Crippen LogP contribution in [0.4, 0.5) is 5.69 Å². The smallest absolute Gasteiger partial charge is 0.356 e. The Bertz CT molecular complexity index is 853. The molecule has 0 spiro atoms. The highest BCUT2D eigenvalue weighted by Gasteiger charge is 2.48. The van der Waals surface area contributed by atoms with E-state index in [2.05, 4.69) is 5.32 Å². The average molecular weight is 407 g/mol. The first-order chi connectivity index (χ1) is 13.4. The number of thioether (sulfide) groups is 1. The summed E-state index contributed by atoms with van der Waals surface area (Å²) in [6, 6.07) is 5.64. The lowest BCUT2D eigenvalue weighted by Crippen LogP contribution is -2.48. The van der Waals surface area contributed by atoms with Crippen molar-refractivity contribution in [2.75, 3.05) is 13.3 Å². The number of ether oxygens (including phenoxy) is 2. The fourth-order valence-electron chi connectivity index (χ4n) is 2.65. The summed E-state index contributed by atoms with van der Waals surface area (Å²) in [5.41, 5.74) is 0.675. The highest BCUT2D eigenvalue weighted by Crippen LogP contribution is 2.46. The summed E-state index contributed by atoms with van der Waals surface area (Å²) >= 11 is 1.36. The molecule has 0 bridgehead atoms. The molecule has 148 valence electrons. The Hall–Kier alpha value is -2.92. The van der Waals surface area contributed by atoms with Crippen molar-refractivity contribution >= 4 is 35.2 Å². The molecule has 1 aromatic carbocycles. The molecule has 1 fully saturated rings. The zero-order valence-corrected chi connectivity index (χ0v) is 15.7. The number of nitro groups is 1. The Balaban J connectivity index is 1.63. The number of benzene rings is 1. The number of amides is 2. The van der Waals surface area contributed by atoms with Gasteiger partial charge in [-0.1, -0.05) is 11.8 Å². The first-order valence-electron chi connectivity index (χ1n) is 8.31. The van der Waals surface area contributed by atoms with Crippen LogP contribution in [-0.4, -0.2) is 46.3 Å². The lowest BCUT2D eigenvalue weighted by molar-refractivity contribution is -0.384. The van der Waals surface area contributed by atoms with Crippen molar-refractivity contribution in [2.45, 2.75) is 25.3 Å². The van der Waals surface area contributed by atoms with Crippen molar-refractivity contribution in [1.29, 1.82) is 0 Å². The van der Waals surface area contributed by atoms with E-state index in [1.54, 1.807) is 0 Å². The van der Waals surface area contributed by atoms with Crippen LogP contribution in [0.15, 0.2) is 34.9 Å². The van der Waals surface area contributed by atoms with Crippen LogP contribution in [-0.2, 0) is 30.5 Å². The monoisotopic (exact) mass is 407 g/mol. The molecule has 2 aliphatic heterocycles. The molecule has 28 heavy (non-hydrogen) atoms. The molecular weight excluding hydrogens is 390 g/mol. The molecule has 3 rings (SSSR count). The van der Waals surface area contributed by atoms with Gasteiger partial charge < -0.3 is 14.8 Å². The van der Waals surface area contributed by atoms with Crippen LogP contribution in [0.2, 0.25) is 0 Å². The number of esters is 1. The molecular formula is C17H17N3O7S. The van der Waals surface area contributed by atoms with Crippen molar-refractivity contribution < 1.29 is 28.8 Å². The van der Waals surface area contributed by atoms with Gasteiger partial charge in [-0.3, -0.25) is 24.6 Å². The molecule has 0 saturated carbocycles. The van der Waals surface area contributed by atoms with Gasteiger partial charge in [0.05, 0.1) is 23.3 Å². The molecule has 10 nitrogen and oxygen atoms in total. The van der Waals surface area contributed by atoms with Gasteiger partial charge in [0.15, 0.2) is 0 Å². The molecule has 0 unspecified atom stereocenters. The summed E-state index contributed by atoms with van der Waals surface area (Å²) < 4.78 is 10.6. The van der Waals surface area contributed by atoms with Gasteiger partial charge in [-0.25, -0.2) is 4.79 Å². The summed E-state index contributed by atoms with van der Waals surface area (Å²) in [5, 5.41) is 13.0. The lowest BCUT2D eigenvalue weighted by atomic mass is 10.1. The molecule has 0 radical (unpaired) electrons. The highest BCUT2D eigenvalue weighted by atomic mass is 32.2. The number of non-ortho nitro benzene ring substituents is 1. The number of nitrogens with one attached hydrogen (secondary N) is 1. The van der Waals surface area contributed by atoms with E-state index in [0.29, 0.717) is 16.9 Å². The minimum absolute atomic E-state index is 0.0108. The third-order valence-corrected chi connectivity index (χ3v) is 5.30. The number of hydrogen-bond acceptors (Lipinski definition) is 8. The second-order valence-corrected chi connectivity index (χ2v) is 7.31. The van der Waals surface area contributed by atoms with Crippen LogP contribution in [0.3, 0.4) is 0 Å². The maximum atomic E-state index is 12.6. The number of carbonyl (C=O) groups is 3. The van der Waals surface area contributed by atoms with Crippen LogP contribution in [0.25, 0.3) is 0 Å². The molecule has 2 heterocycles. The Morgan fingerprint density at radius 2 is 2.04 bits per heavy atom. The number of hydrogen-bond donors (Lipinski definition) is 1. The van der Waals surface area contributed by atoms with Gasteiger partial charge in [0.2, 0.25) is 11.8 Å². The van der Waals surface area contributed by atoms with Crippen molar-refractivity contribution in [3.8, 4) is 0 Å². The van der Waals surface area contributed by atoms with E-state index in [-0.39, 0.29) is 48.5 Å². The van der Waals surface area contributed by atoms with Gasteiger partial charge in [0.1, 0.15) is 19.0 Å². The number of nitrogens with zero attached hydrogens (tertiary/aromatic N) is 2. The van der Waals surface area contributed by atoms with Crippen LogP contribution in [0, 0.1) is 10.1 Å². The van der Waals surface area contributed by atoms with Gasteiger partial charge >= 0.3 is 5.97 Å². The van der Waals surface area contributed by atoms with E-state index in [4.69, 9.17) is 9.47 Å². The fraction of sp³-hybridized carbons (Fsp3) is 0.353. The predicted octanol–water partition coefficient (Wildman–Crippen LogP) is 1.26. The Morgan fingerprint density at radius 3 is 2.64 bits per heavy atom. The molecule has 2 amide bonds. The van der Waals surface area contributed by atoms with Crippen molar-refractivity contribution in [3.05, 3.63) is 50.5 Å². The van der Waals surface area contributed by atoms with E-state index in [0.717, 1.165) is 0 Å². The predicted molar refractivity (Wildman–Crippen MR) is 97.4 cm³/mol. The number of carbonyl (C=O) groups excluding carboxylic acids is 3. The number of nitro benzene ring substituents is 1. The van der Waals surface area contributed by atoms with Crippen LogP contribution in [0.5, 0.6) is 0 Å². The minimum atomic E-state index is -0.667. The van der Waals surface area contributed by atoms with Crippen LogP contribution in [0.1, 0.15) is 18.9 Å². The third kappa shape index (κ3) is 4.31. The normalized spacial score (nSPS) is 17.8. The molecule has 2 aliphatic rings. The maximum Gasteiger partial charge on any atom is 0.356 e. The number of rotatable bonds is 8. The van der Waals surface area contributed by atoms with E-state index in [9.17, 15) is 24.5 Å². The Kier molecular flexibility index (Phi) is 5.95. The van der Waals surface area contributed by atoms with E-state index >= 15 is 0 Å². The van der Waals surface area contributed by atoms with Gasteiger partial charge in [-0.15, -0.1) is 0 Å². The van der Waals surface area contributed by atoms with Gasteiger partial charge in [0.25, 0.3) is 5.69 Å². The van der Waals surface area contributed by atoms with E-state index in [1.807, 2.05) is 0 Å². The topological polar surface area (TPSA) is 128 Å². The summed E-state index contributed by atoms with van der Waals surface area (Å²) in [4.78, 5) is 47.4. The zero-order chi connectivity index (χ0) is 20.3. The SMILES string of the molecule is CC(=O)NCOCC1=C(C(=O)OCc2ccc([N+](=O)[O-])cc2)N2C(=O)C[C@H]2S1. The van der Waals surface area contributed by atoms with Crippen molar-refractivity contribution in [3.63, 3.8) is 0 Å². The summed E-state index contributed by atoms with van der Waals surface area (Å²) in [5.74, 6) is -1.08. The molecule has 0 aromatic heterocycles. The zero-order valence-electron chi connectivity index (χ0n) is 14.9. The standard InChI is InChI=1S/C17H17N3O7S/c1-10(21)18-9-26-8-13-16(19-14(22)6-15(19)28-13)17(23)27-7-11-2-4-12(5-3-11)20(24)25/h2-5,15H,6-9H2,1H3,(H,18,21)/t15-/m1/s1. The average Bonchev–Trinajstić information content (AvgIpc) is 2.95. The van der Waals surface area contributed by atoms with Crippen LogP contribution < -0.4 is 5.32 Å². The minimum Gasteiger partial charge on any atom is -0.456 e. The van der Waals surface area contributed by atoms with E-state index < -0.39 is 10.9 Å². The third-order valence-electron chi connectivity index (χ3n) is 4.06. The van der Waals surface area contributed by atoms with E-state index in [1.165, 1.54) is 47.9 Å². The second-order valence-electron chi connectivity index (χ2n) is 6.04. The van der Waals surface area contributed by atoms with Crippen molar-refractivity contribution in [2.24, 2.45) is 0 Å². The van der Waals surface area contributed by atoms with Gasteiger partial charge in [-0.05, 0) is 17.7 Å². The lowest BCUT2D eigenvalue weighted by Gasteiger charge is -2.34. The van der Waals surface area contributed by atoms with Crippen LogP contribution >= 0.6 is 11.8 Å². The Morgan fingerprint density at radius 1 is 1.32 bits per heavy atom. The molecule has 1 atom stereocenters. The van der Waals surface area contributed by atoms with Gasteiger partial charge in [-0.2, -0.15) is 0 Å². The first kappa shape index (κ1) is 19.8. The number of β-lactam (4-membered cyclic amide) rings is 1. The largest absolute Gasteiger partial charge is 0.456 e. The molecule has 1 N–H and O–H groups in total. The molecule has 0 aliphatic carbocycles. The molecule has 1 aromatic rings. The summed E-state index contributed by atoms with van der Waals surface area (Å²) in [6.07, 6.45) is 0.332. The highest BCUT2D eigenvalue weighted by molar-refractivity contribution is 8.04. The summed E-state index contributed by atoms with van der Waals surface area (Å²) in [7, 11) is 0. The fourth-order valence-corrected chi connectivity index (χ4v) is 3.97. The maximum absolute atomic E-state index is 12.6. The first-order valence-corrected chi connectivity index (χ1v) is 9.19.